The molecule has 0 spiro atoms. The van der Waals surface area contributed by atoms with Crippen LogP contribution in [0.3, 0.4) is 0 Å². The van der Waals surface area contributed by atoms with Gasteiger partial charge in [0.1, 0.15) is 5.60 Å². The molecule has 5 rings (SSSR count). The van der Waals surface area contributed by atoms with Gasteiger partial charge < -0.3 is 14.7 Å². The van der Waals surface area contributed by atoms with Crippen molar-refractivity contribution in [2.75, 3.05) is 50.8 Å². The number of aliphatic imine (C=N–C) groups is 1. The lowest BCUT2D eigenvalue weighted by Crippen LogP contribution is -2.49. The molecule has 2 fully saturated rings. The molecule has 0 amide bonds. The summed E-state index contributed by atoms with van der Waals surface area (Å²) in [4.78, 5) is 19.4. The summed E-state index contributed by atoms with van der Waals surface area (Å²) in [5, 5.41) is 11.4. The van der Waals surface area contributed by atoms with E-state index in [4.69, 9.17) is 16.3 Å². The summed E-state index contributed by atoms with van der Waals surface area (Å²) in [6.45, 7) is 6.31. The van der Waals surface area contributed by atoms with Crippen molar-refractivity contribution in [3.63, 3.8) is 0 Å². The zero-order chi connectivity index (χ0) is 20.6. The van der Waals surface area contributed by atoms with Crippen molar-refractivity contribution in [2.45, 2.75) is 31.4 Å². The van der Waals surface area contributed by atoms with Crippen molar-refractivity contribution < 1.29 is 9.84 Å². The molecule has 30 heavy (non-hydrogen) atoms. The van der Waals surface area contributed by atoms with Gasteiger partial charge in [-0.3, -0.25) is 9.89 Å². The Labute approximate surface area is 185 Å². The molecule has 0 aliphatic carbocycles. The summed E-state index contributed by atoms with van der Waals surface area (Å²) >= 11 is 7.96. The third-order valence-corrected chi connectivity index (χ3v) is 7.43. The van der Waals surface area contributed by atoms with Gasteiger partial charge in [-0.15, -0.1) is 11.3 Å². The van der Waals surface area contributed by atoms with Crippen LogP contribution in [0.2, 0.25) is 5.28 Å². The number of halogens is 1. The summed E-state index contributed by atoms with van der Waals surface area (Å²) in [5.41, 5.74) is 1.11. The van der Waals surface area contributed by atoms with Gasteiger partial charge in [0.15, 0.2) is 5.82 Å². The van der Waals surface area contributed by atoms with Crippen LogP contribution in [0.1, 0.15) is 24.1 Å². The minimum absolute atomic E-state index is 0.290. The van der Waals surface area contributed by atoms with Gasteiger partial charge in [0, 0.05) is 49.7 Å². The first kappa shape index (κ1) is 20.3. The van der Waals surface area contributed by atoms with Gasteiger partial charge in [-0.25, -0.2) is 4.98 Å². The number of fused-ring (bicyclic) bond motifs is 1. The third-order valence-electron chi connectivity index (χ3n) is 6.15. The molecule has 0 bridgehead atoms. The normalized spacial score (nSPS) is 22.5. The Morgan fingerprint density at radius 2 is 1.93 bits per heavy atom. The second kappa shape index (κ2) is 8.51. The van der Waals surface area contributed by atoms with E-state index in [0.717, 1.165) is 73.7 Å². The van der Waals surface area contributed by atoms with E-state index in [0.29, 0.717) is 25.0 Å². The average molecular weight is 448 g/mol. The fourth-order valence-corrected chi connectivity index (χ4v) is 5.75. The summed E-state index contributed by atoms with van der Waals surface area (Å²) in [6, 6.07) is 2.13. The number of likely N-dealkylation sites (tertiary alicyclic amines) is 1. The van der Waals surface area contributed by atoms with Crippen LogP contribution in [0, 0.1) is 0 Å². The topological polar surface area (TPSA) is 74.1 Å². The highest BCUT2D eigenvalue weighted by Crippen LogP contribution is 2.35. The lowest BCUT2D eigenvalue weighted by molar-refractivity contribution is 0.0318. The van der Waals surface area contributed by atoms with Crippen molar-refractivity contribution in [1.29, 1.82) is 0 Å². The monoisotopic (exact) mass is 447 g/mol. The number of dihydropyridines is 1. The zero-order valence-corrected chi connectivity index (χ0v) is 18.5. The quantitative estimate of drug-likeness (QED) is 0.573. The second-order valence-electron chi connectivity index (χ2n) is 8.11. The number of allylic oxidation sites excluding steroid dienone is 1. The smallest absolute Gasteiger partial charge is 0.224 e. The van der Waals surface area contributed by atoms with Gasteiger partial charge in [0.2, 0.25) is 5.28 Å². The van der Waals surface area contributed by atoms with E-state index in [-0.39, 0.29) is 0 Å². The lowest BCUT2D eigenvalue weighted by Gasteiger charge is -2.39. The van der Waals surface area contributed by atoms with Gasteiger partial charge in [0.05, 0.1) is 30.0 Å². The average Bonchev–Trinajstić information content (AvgIpc) is 3.18. The maximum atomic E-state index is 11.1. The molecule has 0 atom stereocenters. The number of hydrogen-bond donors (Lipinski definition) is 1. The van der Waals surface area contributed by atoms with Crippen molar-refractivity contribution >= 4 is 44.7 Å². The van der Waals surface area contributed by atoms with Crippen molar-refractivity contribution in [1.82, 2.24) is 14.9 Å². The largest absolute Gasteiger partial charge is 0.384 e. The minimum Gasteiger partial charge on any atom is -0.384 e. The number of morpholine rings is 1. The summed E-state index contributed by atoms with van der Waals surface area (Å²) in [7, 11) is 0. The SMILES string of the molecule is OC1(C2=NCC=CC2)CCN(Cc2cc3nc(Cl)nc(N4CCOCC4)c3s2)CC1. The van der Waals surface area contributed by atoms with E-state index in [2.05, 4.69) is 43.0 Å². The van der Waals surface area contributed by atoms with E-state index in [9.17, 15) is 5.11 Å². The van der Waals surface area contributed by atoms with Gasteiger partial charge in [0.25, 0.3) is 0 Å². The molecular weight excluding hydrogens is 422 g/mol. The maximum absolute atomic E-state index is 11.1. The Hall–Kier alpha value is -1.58. The minimum atomic E-state index is -0.746. The number of piperidine rings is 1. The molecule has 160 valence electrons. The second-order valence-corrected chi connectivity index (χ2v) is 9.59. The standard InChI is InChI=1S/C21H26ClN5O2S/c22-20-24-16-13-15(30-18(16)19(25-20)27-9-11-29-12-10-27)14-26-7-4-21(28,5-8-26)17-3-1-2-6-23-17/h1-2,13,28H,3-12,14H2. The van der Waals surface area contributed by atoms with Gasteiger partial charge in [-0.2, -0.15) is 4.98 Å². The Bertz CT molecular complexity index is 977. The Morgan fingerprint density at radius 1 is 1.13 bits per heavy atom. The number of aliphatic hydroxyl groups is 1. The van der Waals surface area contributed by atoms with E-state index >= 15 is 0 Å². The van der Waals surface area contributed by atoms with Crippen LogP contribution in [0.4, 0.5) is 5.82 Å². The fraction of sp³-hybridized carbons (Fsp3) is 0.571. The first-order valence-electron chi connectivity index (χ1n) is 10.5. The number of anilines is 1. The molecule has 3 aliphatic heterocycles. The lowest BCUT2D eigenvalue weighted by atomic mass is 9.84. The highest BCUT2D eigenvalue weighted by atomic mass is 35.5. The Morgan fingerprint density at radius 3 is 2.67 bits per heavy atom. The molecule has 1 N–H and O–H groups in total. The van der Waals surface area contributed by atoms with E-state index in [1.165, 1.54) is 4.88 Å². The number of hydrogen-bond acceptors (Lipinski definition) is 8. The van der Waals surface area contributed by atoms with E-state index in [1.807, 2.05) is 0 Å². The molecule has 2 aromatic heterocycles. The highest BCUT2D eigenvalue weighted by molar-refractivity contribution is 7.19. The molecular formula is C21H26ClN5O2S. The van der Waals surface area contributed by atoms with Gasteiger partial charge in [-0.05, 0) is 30.5 Å². The molecule has 0 saturated carbocycles. The van der Waals surface area contributed by atoms with Crippen molar-refractivity contribution in [3.8, 4) is 0 Å². The predicted octanol–water partition coefficient (Wildman–Crippen LogP) is 2.91. The molecule has 9 heteroatoms. The summed E-state index contributed by atoms with van der Waals surface area (Å²) in [6.07, 6.45) is 6.41. The van der Waals surface area contributed by atoms with Crippen LogP contribution in [0.5, 0.6) is 0 Å². The molecule has 3 aliphatic rings. The molecule has 0 unspecified atom stereocenters. The number of rotatable bonds is 4. The van der Waals surface area contributed by atoms with E-state index < -0.39 is 5.60 Å². The Kier molecular flexibility index (Phi) is 5.77. The van der Waals surface area contributed by atoms with E-state index in [1.54, 1.807) is 11.3 Å². The van der Waals surface area contributed by atoms with Crippen LogP contribution in [-0.2, 0) is 11.3 Å². The van der Waals surface area contributed by atoms with Crippen LogP contribution in [0.15, 0.2) is 23.2 Å². The van der Waals surface area contributed by atoms with Gasteiger partial charge in [-0.1, -0.05) is 12.2 Å². The first-order chi connectivity index (χ1) is 14.6. The Balaban J connectivity index is 1.30. The fourth-order valence-electron chi connectivity index (χ4n) is 4.43. The molecule has 7 nitrogen and oxygen atoms in total. The zero-order valence-electron chi connectivity index (χ0n) is 16.9. The number of nitrogens with zero attached hydrogens (tertiary/aromatic N) is 5. The predicted molar refractivity (Wildman–Crippen MR) is 121 cm³/mol. The molecule has 0 aromatic carbocycles. The number of ether oxygens (including phenoxy) is 1. The summed E-state index contributed by atoms with van der Waals surface area (Å²) in [5.74, 6) is 0.918. The number of aromatic nitrogens is 2. The molecule has 2 aromatic rings. The van der Waals surface area contributed by atoms with Crippen LogP contribution >= 0.6 is 22.9 Å². The highest BCUT2D eigenvalue weighted by Gasteiger charge is 2.36. The van der Waals surface area contributed by atoms with Gasteiger partial charge >= 0.3 is 0 Å². The maximum Gasteiger partial charge on any atom is 0.224 e. The molecule has 0 radical (unpaired) electrons. The van der Waals surface area contributed by atoms with Crippen molar-refractivity contribution in [3.05, 3.63) is 28.4 Å². The van der Waals surface area contributed by atoms with Crippen molar-refractivity contribution in [2.24, 2.45) is 4.99 Å². The third kappa shape index (κ3) is 4.11. The van der Waals surface area contributed by atoms with Crippen LogP contribution in [0.25, 0.3) is 10.2 Å². The number of thiophene rings is 1. The first-order valence-corrected chi connectivity index (χ1v) is 11.7. The summed E-state index contributed by atoms with van der Waals surface area (Å²) < 4.78 is 6.57. The van der Waals surface area contributed by atoms with Crippen LogP contribution < -0.4 is 4.90 Å². The molecule has 2 saturated heterocycles. The van der Waals surface area contributed by atoms with Crippen LogP contribution in [-0.4, -0.2) is 77.2 Å². The molecule has 5 heterocycles.